The van der Waals surface area contributed by atoms with Crippen LogP contribution in [0.15, 0.2) is 31.6 Å². The number of rotatable bonds is 4. The second-order valence-corrected chi connectivity index (χ2v) is 8.19. The zero-order valence-electron chi connectivity index (χ0n) is 18.6. The van der Waals surface area contributed by atoms with Gasteiger partial charge in [0.05, 0.1) is 25.4 Å². The lowest BCUT2D eigenvalue weighted by molar-refractivity contribution is -0.0459. The highest BCUT2D eigenvalue weighted by Gasteiger charge is 2.36. The van der Waals surface area contributed by atoms with Crippen molar-refractivity contribution in [3.8, 4) is 0 Å². The summed E-state index contributed by atoms with van der Waals surface area (Å²) in [6.07, 6.45) is -1.16. The first-order valence-corrected chi connectivity index (χ1v) is 10.6. The summed E-state index contributed by atoms with van der Waals surface area (Å²) in [4.78, 5) is 49.8. The molecule has 14 nitrogen and oxygen atoms in total. The molecule has 6 N–H and O–H groups in total. The van der Waals surface area contributed by atoms with Gasteiger partial charge in [-0.15, -0.1) is 0 Å². The van der Waals surface area contributed by atoms with E-state index in [9.17, 15) is 29.4 Å². The van der Waals surface area contributed by atoms with Crippen molar-refractivity contribution in [1.82, 2.24) is 19.1 Å². The zero-order valence-corrected chi connectivity index (χ0v) is 18.6. The molecule has 0 bridgehead atoms. The smallest absolute Gasteiger partial charge is 0.330 e. The summed E-state index contributed by atoms with van der Waals surface area (Å²) < 4.78 is 13.1. The summed E-state index contributed by atoms with van der Waals surface area (Å²) in [5.41, 5.74) is -1.29. The molecule has 0 radical (unpaired) electrons. The number of H-pyrrole nitrogens is 2. The monoisotopic (exact) mass is 484 g/mol. The number of aliphatic hydroxyl groups excluding tert-OH is 4. The molecule has 14 heteroatoms. The number of aromatic amines is 2. The second-order valence-electron chi connectivity index (χ2n) is 8.19. The Kier molecular flexibility index (Phi) is 8.01. The van der Waals surface area contributed by atoms with Gasteiger partial charge in [-0.05, 0) is 13.8 Å². The minimum Gasteiger partial charge on any atom is -0.394 e. The molecule has 34 heavy (non-hydrogen) atoms. The van der Waals surface area contributed by atoms with E-state index in [-0.39, 0.29) is 26.1 Å². The van der Waals surface area contributed by atoms with E-state index in [1.165, 1.54) is 21.5 Å². The van der Waals surface area contributed by atoms with Gasteiger partial charge < -0.3 is 29.9 Å². The molecular formula is C20H28N4O10. The van der Waals surface area contributed by atoms with Gasteiger partial charge in [-0.1, -0.05) is 0 Å². The van der Waals surface area contributed by atoms with Crippen LogP contribution in [0.3, 0.4) is 0 Å². The predicted molar refractivity (Wildman–Crippen MR) is 115 cm³/mol. The molecule has 188 valence electrons. The van der Waals surface area contributed by atoms with Crippen LogP contribution in [0.2, 0.25) is 0 Å². The van der Waals surface area contributed by atoms with Crippen LogP contribution in [0, 0.1) is 13.8 Å². The maximum Gasteiger partial charge on any atom is 0.330 e. The van der Waals surface area contributed by atoms with Crippen LogP contribution in [-0.4, -0.2) is 77.2 Å². The number of aromatic nitrogens is 4. The summed E-state index contributed by atoms with van der Waals surface area (Å²) >= 11 is 0. The van der Waals surface area contributed by atoms with Crippen molar-refractivity contribution in [2.75, 3.05) is 13.2 Å². The fraction of sp³-hybridized carbons (Fsp3) is 0.600. The van der Waals surface area contributed by atoms with Gasteiger partial charge in [-0.3, -0.25) is 28.7 Å². The van der Waals surface area contributed by atoms with Gasteiger partial charge in [0.15, 0.2) is 0 Å². The van der Waals surface area contributed by atoms with Crippen molar-refractivity contribution < 1.29 is 29.9 Å². The first-order valence-electron chi connectivity index (χ1n) is 10.6. The highest BCUT2D eigenvalue weighted by Crippen LogP contribution is 2.28. The van der Waals surface area contributed by atoms with Gasteiger partial charge in [0.2, 0.25) is 0 Å². The van der Waals surface area contributed by atoms with Crippen LogP contribution in [0.25, 0.3) is 0 Å². The molecular weight excluding hydrogens is 456 g/mol. The van der Waals surface area contributed by atoms with E-state index in [0.717, 1.165) is 0 Å². The van der Waals surface area contributed by atoms with Crippen molar-refractivity contribution in [1.29, 1.82) is 0 Å². The van der Waals surface area contributed by atoms with Crippen molar-refractivity contribution in [3.05, 3.63) is 65.2 Å². The standard InChI is InChI=1S/2C10H14N2O5/c2*1-5-3-12(10(16)11-9(5)15)8-2-6(14)7(4-13)17-8/h2*3,6-8,13-14H,2,4H2,1H3,(H,11,15,16)/t2*6-,7+,8+/m11/s1. The number of hydrogen-bond acceptors (Lipinski definition) is 10. The average molecular weight is 484 g/mol. The van der Waals surface area contributed by atoms with E-state index in [0.29, 0.717) is 11.1 Å². The predicted octanol–water partition coefficient (Wildman–Crippen LogP) is -3.03. The molecule has 2 aromatic heterocycles. The number of hydrogen-bond donors (Lipinski definition) is 6. The first kappa shape index (κ1) is 25.7. The summed E-state index contributed by atoms with van der Waals surface area (Å²) in [6, 6.07) is 0. The fourth-order valence-corrected chi connectivity index (χ4v) is 3.70. The molecule has 2 aliphatic rings. The quantitative estimate of drug-likeness (QED) is 0.258. The lowest BCUT2D eigenvalue weighted by Gasteiger charge is -2.14. The third-order valence-corrected chi connectivity index (χ3v) is 5.68. The van der Waals surface area contributed by atoms with Gasteiger partial charge in [0.1, 0.15) is 24.7 Å². The average Bonchev–Trinajstić information content (AvgIpc) is 3.35. The van der Waals surface area contributed by atoms with E-state index in [4.69, 9.17) is 19.7 Å². The molecule has 0 aromatic carbocycles. The first-order chi connectivity index (χ1) is 16.0. The Labute approximate surface area is 191 Å². The third kappa shape index (κ3) is 5.43. The van der Waals surface area contributed by atoms with E-state index in [1.807, 2.05) is 0 Å². The lowest BCUT2D eigenvalue weighted by atomic mass is 10.2. The topological polar surface area (TPSA) is 209 Å². The minimum atomic E-state index is -0.816. The molecule has 4 heterocycles. The zero-order chi connectivity index (χ0) is 25.2. The third-order valence-electron chi connectivity index (χ3n) is 5.68. The molecule has 0 aliphatic carbocycles. The summed E-state index contributed by atoms with van der Waals surface area (Å²) in [6.45, 7) is 2.52. The molecule has 2 fully saturated rings. The van der Waals surface area contributed by atoms with E-state index >= 15 is 0 Å². The maximum absolute atomic E-state index is 11.6. The molecule has 0 amide bonds. The molecule has 2 aromatic rings. The van der Waals surface area contributed by atoms with Crippen molar-refractivity contribution in [2.45, 2.75) is 63.6 Å². The fourth-order valence-electron chi connectivity index (χ4n) is 3.70. The van der Waals surface area contributed by atoms with Crippen molar-refractivity contribution >= 4 is 0 Å². The molecule has 0 spiro atoms. The van der Waals surface area contributed by atoms with E-state index in [1.54, 1.807) is 13.8 Å². The number of aliphatic hydroxyl groups is 4. The second kappa shape index (κ2) is 10.6. The van der Waals surface area contributed by atoms with Crippen LogP contribution in [0.5, 0.6) is 0 Å². The molecule has 2 aliphatic heterocycles. The molecule has 6 atom stereocenters. The summed E-state index contributed by atoms with van der Waals surface area (Å²) in [5, 5.41) is 37.0. The number of ether oxygens (including phenoxy) is 2. The van der Waals surface area contributed by atoms with Crippen molar-refractivity contribution in [2.24, 2.45) is 0 Å². The number of nitrogens with zero attached hydrogens (tertiary/aromatic N) is 2. The molecule has 4 rings (SSSR count). The van der Waals surface area contributed by atoms with Gasteiger partial charge >= 0.3 is 11.4 Å². The Bertz CT molecular complexity index is 1140. The van der Waals surface area contributed by atoms with Crippen molar-refractivity contribution in [3.63, 3.8) is 0 Å². The Balaban J connectivity index is 0.000000191. The van der Waals surface area contributed by atoms with Crippen LogP contribution in [-0.2, 0) is 9.47 Å². The van der Waals surface area contributed by atoms with Gasteiger partial charge in [0, 0.05) is 36.4 Å². The van der Waals surface area contributed by atoms with Gasteiger partial charge in [-0.2, -0.15) is 0 Å². The Hall–Kier alpha value is -2.88. The Morgan fingerprint density at radius 1 is 0.794 bits per heavy atom. The SMILES string of the molecule is Cc1cn([C@@H]2C[C@@H](O)[C@H](CO)O2)c(=O)[nH]c1=O.Cc1cn([C@@H]2C[C@@H](O)[C@H](CO)O2)c(=O)[nH]c1=O. The van der Waals surface area contributed by atoms with E-state index < -0.39 is 59.4 Å². The highest BCUT2D eigenvalue weighted by molar-refractivity contribution is 5.03. The van der Waals surface area contributed by atoms with Crippen LogP contribution in [0.1, 0.15) is 36.4 Å². The molecule has 0 saturated carbocycles. The summed E-state index contributed by atoms with van der Waals surface area (Å²) in [7, 11) is 0. The van der Waals surface area contributed by atoms with Gasteiger partial charge in [-0.25, -0.2) is 9.59 Å². The Morgan fingerprint density at radius 2 is 1.15 bits per heavy atom. The number of nitrogens with one attached hydrogen (secondary N) is 2. The van der Waals surface area contributed by atoms with Crippen LogP contribution in [0.4, 0.5) is 0 Å². The molecule has 0 unspecified atom stereocenters. The van der Waals surface area contributed by atoms with E-state index in [2.05, 4.69) is 9.97 Å². The van der Waals surface area contributed by atoms with Gasteiger partial charge in [0.25, 0.3) is 11.1 Å². The van der Waals surface area contributed by atoms with Crippen LogP contribution < -0.4 is 22.5 Å². The Morgan fingerprint density at radius 3 is 1.44 bits per heavy atom. The minimum absolute atomic E-state index is 0.205. The normalized spacial score (nSPS) is 28.5. The largest absolute Gasteiger partial charge is 0.394 e. The molecule has 2 saturated heterocycles. The number of aryl methyl sites for hydroxylation is 2. The van der Waals surface area contributed by atoms with Crippen LogP contribution >= 0.6 is 0 Å². The lowest BCUT2D eigenvalue weighted by Crippen LogP contribution is -2.33. The highest BCUT2D eigenvalue weighted by atomic mass is 16.5. The summed E-state index contributed by atoms with van der Waals surface area (Å²) in [5.74, 6) is 0. The maximum atomic E-state index is 11.6.